The van der Waals surface area contributed by atoms with Crippen molar-refractivity contribution in [3.63, 3.8) is 0 Å². The Bertz CT molecular complexity index is 619. The molecule has 1 aliphatic carbocycles. The molecule has 1 aromatic carbocycles. The minimum atomic E-state index is -0.742. The molecule has 1 heterocycles. The molecule has 24 heavy (non-hydrogen) atoms. The van der Waals surface area contributed by atoms with E-state index in [0.717, 1.165) is 31.4 Å². The summed E-state index contributed by atoms with van der Waals surface area (Å²) in [4.78, 5) is 25.6. The van der Waals surface area contributed by atoms with E-state index in [-0.39, 0.29) is 18.4 Å². The Labute approximate surface area is 143 Å². The van der Waals surface area contributed by atoms with Crippen LogP contribution < -0.4 is 4.90 Å². The van der Waals surface area contributed by atoms with Gasteiger partial charge in [-0.05, 0) is 56.2 Å². The second kappa shape index (κ2) is 7.37. The quantitative estimate of drug-likeness (QED) is 0.890. The van der Waals surface area contributed by atoms with E-state index in [2.05, 4.69) is 25.1 Å². The number of carbonyl (C=O) groups excluding carboxylic acids is 1. The number of nitrogens with zero attached hydrogens (tertiary/aromatic N) is 1. The van der Waals surface area contributed by atoms with Crippen LogP contribution in [0, 0.1) is 5.92 Å². The summed E-state index contributed by atoms with van der Waals surface area (Å²) in [6, 6.07) is 6.51. The van der Waals surface area contributed by atoms with Crippen molar-refractivity contribution in [3.8, 4) is 0 Å². The highest BCUT2D eigenvalue weighted by Gasteiger charge is 2.35. The highest BCUT2D eigenvalue weighted by molar-refractivity contribution is 5.97. The Kier molecular flexibility index (Phi) is 5.22. The molecule has 0 aromatic heterocycles. The zero-order chi connectivity index (χ0) is 17.1. The summed E-state index contributed by atoms with van der Waals surface area (Å²) in [5, 5.41) is 8.76. The lowest BCUT2D eigenvalue weighted by Crippen LogP contribution is -2.40. The molecule has 2 aliphatic rings. The predicted molar refractivity (Wildman–Crippen MR) is 94.2 cm³/mol. The molecule has 1 fully saturated rings. The SMILES string of the molecule is CC1Cc2cc(CCCC(=O)O)ccc2N1C(=O)C1CCCCC1. The zero-order valence-corrected chi connectivity index (χ0v) is 14.5. The van der Waals surface area contributed by atoms with Crippen LogP contribution in [0.4, 0.5) is 5.69 Å². The molecule has 1 saturated carbocycles. The fourth-order valence-corrected chi connectivity index (χ4v) is 4.17. The first-order valence-electron chi connectivity index (χ1n) is 9.23. The first kappa shape index (κ1) is 17.0. The maximum absolute atomic E-state index is 13.0. The first-order chi connectivity index (χ1) is 11.6. The van der Waals surface area contributed by atoms with Gasteiger partial charge in [0, 0.05) is 24.1 Å². The van der Waals surface area contributed by atoms with Crippen LogP contribution >= 0.6 is 0 Å². The monoisotopic (exact) mass is 329 g/mol. The summed E-state index contributed by atoms with van der Waals surface area (Å²) in [6.45, 7) is 2.13. The van der Waals surface area contributed by atoms with Gasteiger partial charge in [-0.15, -0.1) is 0 Å². The molecule has 1 aliphatic heterocycles. The van der Waals surface area contributed by atoms with Gasteiger partial charge in [0.2, 0.25) is 5.91 Å². The summed E-state index contributed by atoms with van der Waals surface area (Å²) in [5.41, 5.74) is 3.48. The van der Waals surface area contributed by atoms with E-state index >= 15 is 0 Å². The van der Waals surface area contributed by atoms with Crippen molar-refractivity contribution in [3.05, 3.63) is 29.3 Å². The minimum absolute atomic E-state index is 0.197. The van der Waals surface area contributed by atoms with E-state index in [0.29, 0.717) is 12.3 Å². The predicted octanol–water partition coefficient (Wildman–Crippen LogP) is 3.95. The molecule has 1 atom stereocenters. The molecular formula is C20H27NO3. The lowest BCUT2D eigenvalue weighted by molar-refractivity contribution is -0.137. The number of rotatable bonds is 5. The minimum Gasteiger partial charge on any atom is -0.481 e. The molecule has 1 amide bonds. The van der Waals surface area contributed by atoms with Crippen molar-refractivity contribution in [2.24, 2.45) is 5.92 Å². The third-order valence-corrected chi connectivity index (χ3v) is 5.41. The van der Waals surface area contributed by atoms with Gasteiger partial charge in [0.05, 0.1) is 0 Å². The number of hydrogen-bond acceptors (Lipinski definition) is 2. The van der Waals surface area contributed by atoms with Gasteiger partial charge in [-0.2, -0.15) is 0 Å². The Balaban J connectivity index is 1.71. The van der Waals surface area contributed by atoms with Crippen LogP contribution in [0.5, 0.6) is 0 Å². The summed E-state index contributed by atoms with van der Waals surface area (Å²) in [5.74, 6) is -0.240. The molecule has 1 aromatic rings. The van der Waals surface area contributed by atoms with Gasteiger partial charge in [0.25, 0.3) is 0 Å². The number of anilines is 1. The fourth-order valence-electron chi connectivity index (χ4n) is 4.17. The normalized spacial score (nSPS) is 20.9. The van der Waals surface area contributed by atoms with Gasteiger partial charge in [-0.25, -0.2) is 0 Å². The van der Waals surface area contributed by atoms with Crippen molar-refractivity contribution in [2.45, 2.75) is 70.8 Å². The number of aliphatic carboxylic acids is 1. The number of fused-ring (bicyclic) bond motifs is 1. The summed E-state index contributed by atoms with van der Waals surface area (Å²) < 4.78 is 0. The molecule has 0 saturated heterocycles. The topological polar surface area (TPSA) is 57.6 Å². The summed E-state index contributed by atoms with van der Waals surface area (Å²) >= 11 is 0. The Hall–Kier alpha value is -1.84. The lowest BCUT2D eigenvalue weighted by Gasteiger charge is -2.29. The van der Waals surface area contributed by atoms with Crippen LogP contribution in [-0.2, 0) is 22.4 Å². The van der Waals surface area contributed by atoms with Crippen LogP contribution in [0.1, 0.15) is 63.0 Å². The number of hydrogen-bond donors (Lipinski definition) is 1. The smallest absolute Gasteiger partial charge is 0.303 e. The van der Waals surface area contributed by atoms with E-state index in [4.69, 9.17) is 5.11 Å². The maximum atomic E-state index is 13.0. The van der Waals surface area contributed by atoms with Crippen molar-refractivity contribution in [1.29, 1.82) is 0 Å². The number of benzene rings is 1. The third kappa shape index (κ3) is 3.63. The molecule has 4 heteroatoms. The zero-order valence-electron chi connectivity index (χ0n) is 14.5. The van der Waals surface area contributed by atoms with Crippen LogP contribution in [0.25, 0.3) is 0 Å². The second-order valence-electron chi connectivity index (χ2n) is 7.31. The molecule has 1 N–H and O–H groups in total. The van der Waals surface area contributed by atoms with Gasteiger partial charge in [0.1, 0.15) is 0 Å². The lowest BCUT2D eigenvalue weighted by atomic mass is 9.88. The van der Waals surface area contributed by atoms with E-state index in [1.807, 2.05) is 4.90 Å². The van der Waals surface area contributed by atoms with Gasteiger partial charge >= 0.3 is 5.97 Å². The van der Waals surface area contributed by atoms with Crippen molar-refractivity contribution in [2.75, 3.05) is 4.90 Å². The largest absolute Gasteiger partial charge is 0.481 e. The van der Waals surface area contributed by atoms with E-state index in [9.17, 15) is 9.59 Å². The molecule has 3 rings (SSSR count). The number of carboxylic acid groups (broad SMARTS) is 1. The second-order valence-corrected chi connectivity index (χ2v) is 7.31. The molecule has 1 unspecified atom stereocenters. The Morgan fingerprint density at radius 2 is 1.96 bits per heavy atom. The summed E-state index contributed by atoms with van der Waals surface area (Å²) in [7, 11) is 0. The Morgan fingerprint density at radius 3 is 2.67 bits per heavy atom. The molecular weight excluding hydrogens is 302 g/mol. The maximum Gasteiger partial charge on any atom is 0.303 e. The highest BCUT2D eigenvalue weighted by atomic mass is 16.4. The fraction of sp³-hybridized carbons (Fsp3) is 0.600. The molecule has 0 radical (unpaired) electrons. The highest BCUT2D eigenvalue weighted by Crippen LogP contribution is 2.36. The average Bonchev–Trinajstić information content (AvgIpc) is 2.89. The van der Waals surface area contributed by atoms with Gasteiger partial charge in [0.15, 0.2) is 0 Å². The van der Waals surface area contributed by atoms with Gasteiger partial charge < -0.3 is 10.0 Å². The van der Waals surface area contributed by atoms with Crippen molar-refractivity contribution in [1.82, 2.24) is 0 Å². The van der Waals surface area contributed by atoms with E-state index in [1.54, 1.807) is 0 Å². The molecule has 0 bridgehead atoms. The number of carbonyl (C=O) groups is 2. The Morgan fingerprint density at radius 1 is 1.21 bits per heavy atom. The van der Waals surface area contributed by atoms with Gasteiger partial charge in [-0.3, -0.25) is 9.59 Å². The standard InChI is InChI=1S/C20H27NO3/c1-14-12-17-13-15(6-5-9-19(22)23)10-11-18(17)21(14)20(24)16-7-3-2-4-8-16/h10-11,13-14,16H,2-9,12H2,1H3,(H,22,23). The van der Waals surface area contributed by atoms with E-state index in [1.165, 1.54) is 30.4 Å². The van der Waals surface area contributed by atoms with Crippen LogP contribution in [0.2, 0.25) is 0 Å². The molecule has 0 spiro atoms. The number of carboxylic acids is 1. The van der Waals surface area contributed by atoms with E-state index < -0.39 is 5.97 Å². The number of amides is 1. The molecule has 4 nitrogen and oxygen atoms in total. The first-order valence-corrected chi connectivity index (χ1v) is 9.23. The third-order valence-electron chi connectivity index (χ3n) is 5.41. The van der Waals surface area contributed by atoms with Crippen LogP contribution in [0.3, 0.4) is 0 Å². The average molecular weight is 329 g/mol. The van der Waals surface area contributed by atoms with Crippen LogP contribution in [-0.4, -0.2) is 23.0 Å². The summed E-state index contributed by atoms with van der Waals surface area (Å²) in [6.07, 6.45) is 8.23. The van der Waals surface area contributed by atoms with Gasteiger partial charge in [-0.1, -0.05) is 31.4 Å². The van der Waals surface area contributed by atoms with Crippen molar-refractivity contribution < 1.29 is 14.7 Å². The number of aryl methyl sites for hydroxylation is 1. The van der Waals surface area contributed by atoms with Crippen LogP contribution in [0.15, 0.2) is 18.2 Å². The van der Waals surface area contributed by atoms with Crippen molar-refractivity contribution >= 4 is 17.6 Å². The molecule has 130 valence electrons.